The Bertz CT molecular complexity index is 959. The number of fused-ring (bicyclic) bond motifs is 1. The highest BCUT2D eigenvalue weighted by Crippen LogP contribution is 2.16. The molecule has 0 atom stereocenters. The molecule has 0 aliphatic rings. The average Bonchev–Trinajstić information content (AvgIpc) is 2.98. The van der Waals surface area contributed by atoms with Crippen LogP contribution in [0.15, 0.2) is 35.3 Å². The van der Waals surface area contributed by atoms with Crippen LogP contribution in [0.25, 0.3) is 11.2 Å². The van der Waals surface area contributed by atoms with E-state index in [4.69, 9.17) is 10.5 Å². The number of hydrogen-bond acceptors (Lipinski definition) is 5. The van der Waals surface area contributed by atoms with E-state index in [0.717, 1.165) is 42.3 Å². The maximum absolute atomic E-state index is 13.1. The summed E-state index contributed by atoms with van der Waals surface area (Å²) in [6, 6.07) is 8.31. The Hall–Kier alpha value is -2.67. The molecule has 0 saturated heterocycles. The van der Waals surface area contributed by atoms with E-state index in [2.05, 4.69) is 23.8 Å². The topological polar surface area (TPSA) is 88.0 Å². The highest BCUT2D eigenvalue weighted by Gasteiger charge is 2.16. The number of aromatic nitrogens is 4. The summed E-state index contributed by atoms with van der Waals surface area (Å²) >= 11 is 0. The van der Waals surface area contributed by atoms with Crippen LogP contribution in [-0.2, 0) is 19.6 Å². The maximum Gasteiger partial charge on any atom is 0.330 e. The van der Waals surface area contributed by atoms with Crippen molar-refractivity contribution in [3.63, 3.8) is 0 Å². The quantitative estimate of drug-likeness (QED) is 0.544. The third kappa shape index (κ3) is 4.42. The highest BCUT2D eigenvalue weighted by molar-refractivity contribution is 5.71. The first kappa shape index (κ1) is 20.1. The molecule has 0 saturated carbocycles. The van der Waals surface area contributed by atoms with Crippen LogP contribution in [0.2, 0.25) is 0 Å². The molecule has 7 heteroatoms. The van der Waals surface area contributed by atoms with Crippen molar-refractivity contribution in [2.75, 3.05) is 6.61 Å². The van der Waals surface area contributed by atoms with Gasteiger partial charge in [-0.25, -0.2) is 9.78 Å². The zero-order valence-corrected chi connectivity index (χ0v) is 16.7. The van der Waals surface area contributed by atoms with Crippen LogP contribution in [0.1, 0.15) is 50.7 Å². The van der Waals surface area contributed by atoms with Crippen molar-refractivity contribution in [3.05, 3.63) is 52.1 Å². The van der Waals surface area contributed by atoms with Crippen LogP contribution >= 0.6 is 0 Å². The summed E-state index contributed by atoms with van der Waals surface area (Å²) in [5.41, 5.74) is 9.07. The van der Waals surface area contributed by atoms with E-state index >= 15 is 0 Å². The van der Waals surface area contributed by atoms with E-state index in [0.29, 0.717) is 37.9 Å². The summed E-state index contributed by atoms with van der Waals surface area (Å²) in [4.78, 5) is 22.0. The summed E-state index contributed by atoms with van der Waals surface area (Å²) < 4.78 is 9.13. The number of hydrogen-bond donors (Lipinski definition) is 1. The van der Waals surface area contributed by atoms with Gasteiger partial charge in [-0.05, 0) is 24.0 Å². The lowest BCUT2D eigenvalue weighted by atomic mass is 10.1. The highest BCUT2D eigenvalue weighted by atomic mass is 16.5. The minimum atomic E-state index is -0.0636. The fourth-order valence-electron chi connectivity index (χ4n) is 3.09. The molecule has 0 fully saturated rings. The smallest absolute Gasteiger partial charge is 0.330 e. The number of benzene rings is 1. The van der Waals surface area contributed by atoms with E-state index in [-0.39, 0.29) is 5.69 Å². The van der Waals surface area contributed by atoms with Crippen molar-refractivity contribution < 1.29 is 4.74 Å². The van der Waals surface area contributed by atoms with Crippen LogP contribution in [0.4, 0.5) is 0 Å². The Labute approximate surface area is 165 Å². The number of rotatable bonds is 10. The molecule has 0 amide bonds. The van der Waals surface area contributed by atoms with Crippen LogP contribution in [0, 0.1) is 0 Å². The standard InChI is InChI=1S/C21H29N5O2/c1-3-5-11-25-18-14-23-20(28-12-6-4-2)24-19(18)26(21(25)27)15-17-9-7-16(13-22)8-10-17/h7-10,14H,3-6,11-13,15,22H2,1-2H3. The van der Waals surface area contributed by atoms with Crippen LogP contribution in [0.3, 0.4) is 0 Å². The number of ether oxygens (including phenoxy) is 1. The summed E-state index contributed by atoms with van der Waals surface area (Å²) in [5.74, 6) is 0. The fourth-order valence-corrected chi connectivity index (χ4v) is 3.09. The second-order valence-corrected chi connectivity index (χ2v) is 6.96. The molecule has 2 aromatic heterocycles. The molecule has 3 aromatic rings. The zero-order chi connectivity index (χ0) is 19.9. The van der Waals surface area contributed by atoms with Crippen molar-refractivity contribution in [3.8, 4) is 6.01 Å². The molecule has 150 valence electrons. The molecule has 0 aliphatic carbocycles. The van der Waals surface area contributed by atoms with Gasteiger partial charge in [-0.2, -0.15) is 4.98 Å². The van der Waals surface area contributed by atoms with Gasteiger partial charge in [0.15, 0.2) is 5.65 Å². The SMILES string of the molecule is CCCCOc1ncc2c(n1)n(Cc1ccc(CN)cc1)c(=O)n2CCCC. The predicted molar refractivity (Wildman–Crippen MR) is 111 cm³/mol. The van der Waals surface area contributed by atoms with Crippen LogP contribution in [0.5, 0.6) is 6.01 Å². The molecule has 2 heterocycles. The van der Waals surface area contributed by atoms with Crippen molar-refractivity contribution in [1.29, 1.82) is 0 Å². The lowest BCUT2D eigenvalue weighted by molar-refractivity contribution is 0.286. The lowest BCUT2D eigenvalue weighted by Crippen LogP contribution is -2.25. The largest absolute Gasteiger partial charge is 0.463 e. The predicted octanol–water partition coefficient (Wildman–Crippen LogP) is 3.08. The second-order valence-electron chi connectivity index (χ2n) is 6.96. The maximum atomic E-state index is 13.1. The first-order valence-corrected chi connectivity index (χ1v) is 10.0. The van der Waals surface area contributed by atoms with E-state index in [1.54, 1.807) is 15.3 Å². The van der Waals surface area contributed by atoms with Crippen LogP contribution < -0.4 is 16.2 Å². The van der Waals surface area contributed by atoms with Gasteiger partial charge in [0.1, 0.15) is 5.52 Å². The van der Waals surface area contributed by atoms with Gasteiger partial charge in [-0.1, -0.05) is 51.0 Å². The molecule has 3 rings (SSSR count). The lowest BCUT2D eigenvalue weighted by Gasteiger charge is -2.06. The third-order valence-electron chi connectivity index (χ3n) is 4.80. The fraction of sp³-hybridized carbons (Fsp3) is 0.476. The molecule has 7 nitrogen and oxygen atoms in total. The molecule has 0 aliphatic heterocycles. The van der Waals surface area contributed by atoms with Gasteiger partial charge in [0.2, 0.25) is 0 Å². The van der Waals surface area contributed by atoms with Gasteiger partial charge >= 0.3 is 11.7 Å². The average molecular weight is 383 g/mol. The van der Waals surface area contributed by atoms with Crippen molar-refractivity contribution in [2.24, 2.45) is 5.73 Å². The molecule has 0 bridgehead atoms. The Morgan fingerprint density at radius 1 is 1.04 bits per heavy atom. The third-order valence-corrected chi connectivity index (χ3v) is 4.80. The Morgan fingerprint density at radius 2 is 1.75 bits per heavy atom. The van der Waals surface area contributed by atoms with E-state index < -0.39 is 0 Å². The molecule has 28 heavy (non-hydrogen) atoms. The second kappa shape index (κ2) is 9.50. The monoisotopic (exact) mass is 383 g/mol. The molecular formula is C21H29N5O2. The van der Waals surface area contributed by atoms with Gasteiger partial charge in [0.25, 0.3) is 0 Å². The Morgan fingerprint density at radius 3 is 2.43 bits per heavy atom. The van der Waals surface area contributed by atoms with Gasteiger partial charge in [0.05, 0.1) is 19.3 Å². The zero-order valence-electron chi connectivity index (χ0n) is 16.7. The van der Waals surface area contributed by atoms with Gasteiger partial charge < -0.3 is 10.5 Å². The molecule has 0 radical (unpaired) electrons. The van der Waals surface area contributed by atoms with Crippen molar-refractivity contribution in [1.82, 2.24) is 19.1 Å². The van der Waals surface area contributed by atoms with E-state index in [1.165, 1.54) is 0 Å². The van der Waals surface area contributed by atoms with Crippen molar-refractivity contribution >= 4 is 11.2 Å². The summed E-state index contributed by atoms with van der Waals surface area (Å²) in [6.07, 6.45) is 5.63. The number of unbranched alkanes of at least 4 members (excludes halogenated alkanes) is 2. The van der Waals surface area contributed by atoms with E-state index in [9.17, 15) is 4.79 Å². The van der Waals surface area contributed by atoms with E-state index in [1.807, 2.05) is 24.3 Å². The minimum Gasteiger partial charge on any atom is -0.463 e. The molecule has 1 aromatic carbocycles. The number of imidazole rings is 1. The normalized spacial score (nSPS) is 11.2. The van der Waals surface area contributed by atoms with Gasteiger partial charge in [-0.15, -0.1) is 0 Å². The molecule has 0 unspecified atom stereocenters. The van der Waals surface area contributed by atoms with Crippen molar-refractivity contribution in [2.45, 2.75) is 59.2 Å². The first-order chi connectivity index (χ1) is 13.7. The number of aryl methyl sites for hydroxylation is 1. The minimum absolute atomic E-state index is 0.0636. The van der Waals surface area contributed by atoms with Gasteiger partial charge in [-0.3, -0.25) is 9.13 Å². The number of nitrogens with zero attached hydrogens (tertiary/aromatic N) is 4. The first-order valence-electron chi connectivity index (χ1n) is 10.0. The summed E-state index contributed by atoms with van der Waals surface area (Å²) in [6.45, 7) is 6.40. The molecule has 0 spiro atoms. The summed E-state index contributed by atoms with van der Waals surface area (Å²) in [7, 11) is 0. The summed E-state index contributed by atoms with van der Waals surface area (Å²) in [5, 5.41) is 0. The molecule has 2 N–H and O–H groups in total. The Kier molecular flexibility index (Phi) is 6.81. The molecular weight excluding hydrogens is 354 g/mol. The van der Waals surface area contributed by atoms with Gasteiger partial charge in [0, 0.05) is 13.1 Å². The number of nitrogens with two attached hydrogens (primary N) is 1. The Balaban J connectivity index is 2.00. The van der Waals surface area contributed by atoms with Crippen LogP contribution in [-0.4, -0.2) is 25.7 Å².